The third-order valence-electron chi connectivity index (χ3n) is 5.82. The fourth-order valence-corrected chi connectivity index (χ4v) is 4.40. The lowest BCUT2D eigenvalue weighted by Gasteiger charge is -2.10. The Morgan fingerprint density at radius 3 is 2.84 bits per heavy atom. The van der Waals surface area contributed by atoms with Crippen LogP contribution in [0.2, 0.25) is 5.02 Å². The number of aromatic nitrogens is 5. The highest BCUT2D eigenvalue weighted by molar-refractivity contribution is 6.35. The predicted molar refractivity (Wildman–Crippen MR) is 122 cm³/mol. The van der Waals surface area contributed by atoms with Gasteiger partial charge in [-0.2, -0.15) is 5.10 Å². The minimum Gasteiger partial charge on any atom is -0.280 e. The predicted octanol–water partition coefficient (Wildman–Crippen LogP) is 4.90. The van der Waals surface area contributed by atoms with Crippen molar-refractivity contribution in [3.63, 3.8) is 0 Å². The van der Waals surface area contributed by atoms with E-state index in [1.807, 2.05) is 29.0 Å². The molecule has 0 saturated heterocycles. The Morgan fingerprint density at radius 1 is 1.00 bits per heavy atom. The monoisotopic (exact) mass is 444 g/mol. The van der Waals surface area contributed by atoms with Gasteiger partial charge in [0.05, 0.1) is 29.0 Å². The molecule has 0 spiro atoms. The average Bonchev–Trinajstić information content (AvgIpc) is 3.47. The van der Waals surface area contributed by atoms with Crippen LogP contribution in [0.25, 0.3) is 28.0 Å². The highest BCUT2D eigenvalue weighted by Gasteiger charge is 2.21. The normalized spacial score (nSPS) is 15.6. The smallest absolute Gasteiger partial charge is 0.183 e. The molecule has 0 amide bonds. The molecule has 1 aromatic carbocycles. The zero-order valence-corrected chi connectivity index (χ0v) is 17.8. The molecule has 0 fully saturated rings. The second-order valence-electron chi connectivity index (χ2n) is 7.92. The summed E-state index contributed by atoms with van der Waals surface area (Å²) in [5.74, 6) is 1.33. The molecule has 6 nitrogen and oxygen atoms in total. The van der Waals surface area contributed by atoms with E-state index in [2.05, 4.69) is 15.1 Å². The summed E-state index contributed by atoms with van der Waals surface area (Å²) >= 11 is 6.10. The first-order valence-electron chi connectivity index (χ1n) is 10.6. The van der Waals surface area contributed by atoms with Crippen molar-refractivity contribution in [1.29, 1.82) is 0 Å². The molecular weight excluding hydrogens is 427 g/mol. The molecule has 8 heteroatoms. The van der Waals surface area contributed by atoms with Crippen LogP contribution >= 0.6 is 11.6 Å². The maximum absolute atomic E-state index is 14.5. The third-order valence-corrected chi connectivity index (χ3v) is 6.06. The number of nitrogens with zero attached hydrogens (tertiary/aromatic N) is 6. The lowest BCUT2D eigenvalue weighted by Crippen LogP contribution is -2.11. The van der Waals surface area contributed by atoms with Crippen LogP contribution in [0, 0.1) is 5.82 Å². The number of hydrogen-bond donors (Lipinski definition) is 0. The van der Waals surface area contributed by atoms with Crippen LogP contribution < -0.4 is 0 Å². The zero-order chi connectivity index (χ0) is 21.7. The number of hydrogen-bond acceptors (Lipinski definition) is 5. The van der Waals surface area contributed by atoms with Gasteiger partial charge in [0, 0.05) is 40.9 Å². The number of halogens is 2. The molecule has 158 valence electrons. The number of benzene rings is 1. The fourth-order valence-electron chi connectivity index (χ4n) is 4.23. The molecule has 0 aliphatic carbocycles. The van der Waals surface area contributed by atoms with Gasteiger partial charge in [-0.15, -0.1) is 0 Å². The molecule has 32 heavy (non-hydrogen) atoms. The molecule has 3 aromatic heterocycles. The number of pyridine rings is 2. The summed E-state index contributed by atoms with van der Waals surface area (Å²) in [5.41, 5.74) is 4.77. The summed E-state index contributed by atoms with van der Waals surface area (Å²) in [6.07, 6.45) is 6.96. The summed E-state index contributed by atoms with van der Waals surface area (Å²) in [5, 5.41) is 5.11. The molecular formula is C24H18ClFN6. The van der Waals surface area contributed by atoms with Gasteiger partial charge >= 0.3 is 0 Å². The largest absolute Gasteiger partial charge is 0.280 e. The van der Waals surface area contributed by atoms with Gasteiger partial charge in [0.1, 0.15) is 11.6 Å². The minimum absolute atomic E-state index is 0.361. The summed E-state index contributed by atoms with van der Waals surface area (Å²) in [4.78, 5) is 18.6. The molecule has 2 aliphatic rings. The average molecular weight is 445 g/mol. The van der Waals surface area contributed by atoms with Crippen LogP contribution in [0.4, 0.5) is 4.39 Å². The minimum atomic E-state index is -0.361. The molecule has 0 saturated carbocycles. The standard InChI is InChI=1S/C24H18ClFN6/c25-15-4-5-18(26)17(12-15)23-16(8-9-27-23)19-6-7-20-21(29-19)11-14(13-28-20)24-30-22-3-1-2-10-32(22)31-24/h4-8,11-13H,1-3,9-10H2. The number of aryl methyl sites for hydroxylation is 2. The second kappa shape index (κ2) is 7.60. The molecule has 4 aromatic rings. The van der Waals surface area contributed by atoms with E-state index >= 15 is 0 Å². The maximum atomic E-state index is 14.5. The Bertz CT molecular complexity index is 1410. The van der Waals surface area contributed by atoms with E-state index in [4.69, 9.17) is 21.6 Å². The van der Waals surface area contributed by atoms with Crippen LogP contribution in [0.1, 0.15) is 29.9 Å². The number of allylic oxidation sites excluding steroid dienone is 1. The van der Waals surface area contributed by atoms with Gasteiger partial charge in [-0.05, 0) is 49.2 Å². The van der Waals surface area contributed by atoms with Crippen molar-refractivity contribution < 1.29 is 4.39 Å². The van der Waals surface area contributed by atoms with E-state index in [1.54, 1.807) is 12.3 Å². The third kappa shape index (κ3) is 3.29. The van der Waals surface area contributed by atoms with Crippen molar-refractivity contribution in [2.45, 2.75) is 25.8 Å². The van der Waals surface area contributed by atoms with Gasteiger partial charge in [0.25, 0.3) is 0 Å². The lowest BCUT2D eigenvalue weighted by atomic mass is 9.99. The van der Waals surface area contributed by atoms with Crippen molar-refractivity contribution in [3.05, 3.63) is 76.6 Å². The highest BCUT2D eigenvalue weighted by atomic mass is 35.5. The van der Waals surface area contributed by atoms with E-state index in [0.29, 0.717) is 34.4 Å². The van der Waals surface area contributed by atoms with Crippen LogP contribution in [-0.4, -0.2) is 37.0 Å². The topological polar surface area (TPSA) is 68.8 Å². The molecule has 0 unspecified atom stereocenters. The maximum Gasteiger partial charge on any atom is 0.183 e. The number of rotatable bonds is 3. The molecule has 0 atom stereocenters. The molecule has 2 aliphatic heterocycles. The van der Waals surface area contributed by atoms with Crippen LogP contribution in [0.5, 0.6) is 0 Å². The summed E-state index contributed by atoms with van der Waals surface area (Å²) in [6.45, 7) is 1.38. The fraction of sp³-hybridized carbons (Fsp3) is 0.208. The van der Waals surface area contributed by atoms with Crippen molar-refractivity contribution in [2.75, 3.05) is 6.54 Å². The molecule has 5 heterocycles. The first kappa shape index (κ1) is 19.3. The van der Waals surface area contributed by atoms with Crippen LogP contribution in [0.15, 0.2) is 53.7 Å². The first-order valence-corrected chi connectivity index (χ1v) is 11.0. The Hall–Kier alpha value is -3.45. The van der Waals surface area contributed by atoms with Crippen LogP contribution in [0.3, 0.4) is 0 Å². The van der Waals surface area contributed by atoms with Crippen molar-refractivity contribution >= 4 is 33.9 Å². The Labute approximate surface area is 188 Å². The number of aliphatic imine (C=N–C) groups is 1. The quantitative estimate of drug-likeness (QED) is 0.450. The van der Waals surface area contributed by atoms with Gasteiger partial charge in [0.15, 0.2) is 5.82 Å². The van der Waals surface area contributed by atoms with Gasteiger partial charge < -0.3 is 0 Å². The van der Waals surface area contributed by atoms with Crippen LogP contribution in [-0.2, 0) is 13.0 Å². The van der Waals surface area contributed by atoms with Crippen molar-refractivity contribution in [2.24, 2.45) is 4.99 Å². The van der Waals surface area contributed by atoms with Crippen molar-refractivity contribution in [1.82, 2.24) is 24.7 Å². The van der Waals surface area contributed by atoms with Gasteiger partial charge in [-0.1, -0.05) is 17.7 Å². The Morgan fingerprint density at radius 2 is 1.94 bits per heavy atom. The van der Waals surface area contributed by atoms with E-state index in [-0.39, 0.29) is 5.82 Å². The lowest BCUT2D eigenvalue weighted by molar-refractivity contribution is 0.480. The summed E-state index contributed by atoms with van der Waals surface area (Å²) in [6, 6.07) is 10.2. The van der Waals surface area contributed by atoms with Crippen molar-refractivity contribution in [3.8, 4) is 11.4 Å². The van der Waals surface area contributed by atoms with Gasteiger partial charge in [0.2, 0.25) is 0 Å². The Balaban J connectivity index is 1.39. The highest BCUT2D eigenvalue weighted by Crippen LogP contribution is 2.28. The van der Waals surface area contributed by atoms with E-state index in [0.717, 1.165) is 53.8 Å². The first-order chi connectivity index (χ1) is 15.7. The molecule has 0 N–H and O–H groups in total. The van der Waals surface area contributed by atoms with E-state index in [1.165, 1.54) is 12.1 Å². The van der Waals surface area contributed by atoms with Gasteiger partial charge in [-0.3, -0.25) is 9.98 Å². The van der Waals surface area contributed by atoms with Gasteiger partial charge in [-0.25, -0.2) is 19.0 Å². The van der Waals surface area contributed by atoms with E-state index in [9.17, 15) is 4.39 Å². The summed E-state index contributed by atoms with van der Waals surface area (Å²) in [7, 11) is 0. The molecule has 0 bridgehead atoms. The molecule has 6 rings (SSSR count). The Kier molecular flexibility index (Phi) is 4.57. The molecule has 0 radical (unpaired) electrons. The SMILES string of the molecule is Fc1ccc(Cl)cc1C1=NCC=C1c1ccc2ncc(-c3nc4n(n3)CCCC4)cc2n1. The summed E-state index contributed by atoms with van der Waals surface area (Å²) < 4.78 is 16.5. The second-order valence-corrected chi connectivity index (χ2v) is 8.36. The van der Waals surface area contributed by atoms with E-state index < -0.39 is 0 Å². The zero-order valence-electron chi connectivity index (χ0n) is 17.1. The number of fused-ring (bicyclic) bond motifs is 2.